The maximum atomic E-state index is 12.3. The Bertz CT molecular complexity index is 1060. The number of nitrogens with one attached hydrogen (secondary N) is 1. The van der Waals surface area contributed by atoms with Crippen molar-refractivity contribution in [3.8, 4) is 5.75 Å². The molecule has 0 saturated heterocycles. The number of rotatable bonds is 7. The summed E-state index contributed by atoms with van der Waals surface area (Å²) in [6, 6.07) is 22.9. The molecule has 28 heavy (non-hydrogen) atoms. The van der Waals surface area contributed by atoms with Crippen LogP contribution in [-0.2, 0) is 13.1 Å². The third-order valence-electron chi connectivity index (χ3n) is 4.37. The number of amides is 1. The van der Waals surface area contributed by atoms with E-state index >= 15 is 0 Å². The molecule has 0 fully saturated rings. The van der Waals surface area contributed by atoms with Crippen LogP contribution in [-0.4, -0.2) is 27.0 Å². The van der Waals surface area contributed by atoms with Crippen LogP contribution in [0.3, 0.4) is 0 Å². The number of aromatic nitrogens is 3. The third kappa shape index (κ3) is 4.01. The van der Waals surface area contributed by atoms with E-state index in [2.05, 4.69) is 19.9 Å². The van der Waals surface area contributed by atoms with E-state index < -0.39 is 0 Å². The first-order valence-electron chi connectivity index (χ1n) is 9.12. The van der Waals surface area contributed by atoms with E-state index in [1.165, 1.54) is 0 Å². The zero-order chi connectivity index (χ0) is 19.2. The van der Waals surface area contributed by atoms with Crippen molar-refractivity contribution in [3.05, 3.63) is 90.5 Å². The minimum Gasteiger partial charge on any atom is -0.492 e. The van der Waals surface area contributed by atoms with Crippen molar-refractivity contribution in [3.63, 3.8) is 0 Å². The molecule has 6 nitrogen and oxygen atoms in total. The number of pyridine rings is 1. The fourth-order valence-electron chi connectivity index (χ4n) is 3.03. The Morgan fingerprint density at radius 1 is 0.964 bits per heavy atom. The van der Waals surface area contributed by atoms with Crippen molar-refractivity contribution < 1.29 is 9.53 Å². The van der Waals surface area contributed by atoms with Gasteiger partial charge in [-0.2, -0.15) is 0 Å². The number of carbonyl (C=O) groups excluding carboxylic acids is 1. The zero-order valence-corrected chi connectivity index (χ0v) is 15.3. The molecule has 0 radical (unpaired) electrons. The summed E-state index contributed by atoms with van der Waals surface area (Å²) in [4.78, 5) is 21.1. The second kappa shape index (κ2) is 8.35. The monoisotopic (exact) mass is 372 g/mol. The first kappa shape index (κ1) is 17.7. The first-order valence-corrected chi connectivity index (χ1v) is 9.12. The van der Waals surface area contributed by atoms with Gasteiger partial charge in [0.05, 0.1) is 24.1 Å². The predicted molar refractivity (Wildman–Crippen MR) is 107 cm³/mol. The maximum Gasteiger partial charge on any atom is 0.270 e. The van der Waals surface area contributed by atoms with Gasteiger partial charge in [0.25, 0.3) is 5.91 Å². The summed E-state index contributed by atoms with van der Waals surface area (Å²) in [6.07, 6.45) is 1.60. The topological polar surface area (TPSA) is 69.0 Å². The first-order chi connectivity index (χ1) is 13.8. The van der Waals surface area contributed by atoms with E-state index in [0.29, 0.717) is 25.4 Å². The molecule has 4 rings (SSSR count). The number of fused-ring (bicyclic) bond motifs is 1. The van der Waals surface area contributed by atoms with E-state index in [9.17, 15) is 4.79 Å². The average Bonchev–Trinajstić information content (AvgIpc) is 3.11. The summed E-state index contributed by atoms with van der Waals surface area (Å²) in [5.74, 6) is 1.39. The Morgan fingerprint density at radius 2 is 1.75 bits per heavy atom. The van der Waals surface area contributed by atoms with Crippen molar-refractivity contribution >= 4 is 16.9 Å². The summed E-state index contributed by atoms with van der Waals surface area (Å²) in [6.45, 7) is 1.45. The largest absolute Gasteiger partial charge is 0.492 e. The molecule has 2 aromatic carbocycles. The Kier molecular flexibility index (Phi) is 5.29. The van der Waals surface area contributed by atoms with Crippen molar-refractivity contribution in [2.24, 2.45) is 0 Å². The molecule has 0 unspecified atom stereocenters. The smallest absolute Gasteiger partial charge is 0.270 e. The minimum atomic E-state index is -0.222. The lowest BCUT2D eigenvalue weighted by Gasteiger charge is -2.11. The quantitative estimate of drug-likeness (QED) is 0.540. The molecule has 0 aliphatic carbocycles. The second-order valence-electron chi connectivity index (χ2n) is 6.23. The molecule has 0 aliphatic heterocycles. The number of carbonyl (C=O) groups is 1. The average molecular weight is 372 g/mol. The van der Waals surface area contributed by atoms with E-state index in [-0.39, 0.29) is 5.91 Å². The van der Waals surface area contributed by atoms with Crippen LogP contribution in [0.1, 0.15) is 16.3 Å². The highest BCUT2D eigenvalue weighted by atomic mass is 16.5. The number of nitrogens with zero attached hydrogens (tertiary/aromatic N) is 3. The summed E-state index contributed by atoms with van der Waals surface area (Å²) >= 11 is 0. The number of hydrogen-bond acceptors (Lipinski definition) is 4. The van der Waals surface area contributed by atoms with E-state index in [1.807, 2.05) is 54.6 Å². The standard InChI is InChI=1S/C22H20N4O2/c27-22(19-11-6-7-13-23-19)24-16-21-25-18-10-4-5-12-20(18)26(21)14-15-28-17-8-2-1-3-9-17/h1-13H,14-16H2,(H,24,27). The van der Waals surface area contributed by atoms with Gasteiger partial charge in [-0.15, -0.1) is 0 Å². The highest BCUT2D eigenvalue weighted by Gasteiger charge is 2.13. The molecule has 1 amide bonds. The van der Waals surface area contributed by atoms with Crippen LogP contribution in [0.25, 0.3) is 11.0 Å². The highest BCUT2D eigenvalue weighted by molar-refractivity contribution is 5.92. The van der Waals surface area contributed by atoms with Gasteiger partial charge in [-0.1, -0.05) is 36.4 Å². The van der Waals surface area contributed by atoms with Gasteiger partial charge in [-0.3, -0.25) is 9.78 Å². The molecule has 6 heteroatoms. The lowest BCUT2D eigenvalue weighted by molar-refractivity contribution is 0.0944. The summed E-state index contributed by atoms with van der Waals surface area (Å²) in [5, 5.41) is 2.90. The van der Waals surface area contributed by atoms with Crippen LogP contribution < -0.4 is 10.1 Å². The summed E-state index contributed by atoms with van der Waals surface area (Å²) in [5.41, 5.74) is 2.29. The van der Waals surface area contributed by atoms with Gasteiger partial charge < -0.3 is 14.6 Å². The van der Waals surface area contributed by atoms with Crippen molar-refractivity contribution in [2.45, 2.75) is 13.1 Å². The van der Waals surface area contributed by atoms with Crippen LogP contribution in [0.5, 0.6) is 5.75 Å². The van der Waals surface area contributed by atoms with Gasteiger partial charge in [-0.05, 0) is 36.4 Å². The molecule has 4 aromatic rings. The molecule has 2 aromatic heterocycles. The summed E-state index contributed by atoms with van der Waals surface area (Å²) in [7, 11) is 0. The number of imidazole rings is 1. The van der Waals surface area contributed by atoms with Gasteiger partial charge in [0.2, 0.25) is 0 Å². The number of ether oxygens (including phenoxy) is 1. The molecule has 140 valence electrons. The lowest BCUT2D eigenvalue weighted by atomic mass is 10.3. The van der Waals surface area contributed by atoms with Gasteiger partial charge in [-0.25, -0.2) is 4.98 Å². The molecule has 1 N–H and O–H groups in total. The minimum absolute atomic E-state index is 0.222. The molecule has 0 atom stereocenters. The molecule has 0 aliphatic rings. The number of hydrogen-bond donors (Lipinski definition) is 1. The van der Waals surface area contributed by atoms with Crippen LogP contribution in [0.4, 0.5) is 0 Å². The molecule has 0 spiro atoms. The van der Waals surface area contributed by atoms with Crippen LogP contribution in [0.2, 0.25) is 0 Å². The van der Waals surface area contributed by atoms with E-state index in [4.69, 9.17) is 4.74 Å². The predicted octanol–water partition coefficient (Wildman–Crippen LogP) is 3.44. The van der Waals surface area contributed by atoms with Gasteiger partial charge >= 0.3 is 0 Å². The number of benzene rings is 2. The Morgan fingerprint density at radius 3 is 2.57 bits per heavy atom. The Balaban J connectivity index is 1.49. The van der Waals surface area contributed by atoms with Gasteiger partial charge in [0.15, 0.2) is 0 Å². The van der Waals surface area contributed by atoms with Crippen LogP contribution in [0.15, 0.2) is 79.0 Å². The number of para-hydroxylation sites is 3. The Hall–Kier alpha value is -3.67. The second-order valence-corrected chi connectivity index (χ2v) is 6.23. The van der Waals surface area contributed by atoms with Crippen molar-refractivity contribution in [2.75, 3.05) is 6.61 Å². The lowest BCUT2D eigenvalue weighted by Crippen LogP contribution is -2.26. The van der Waals surface area contributed by atoms with Crippen LogP contribution in [0, 0.1) is 0 Å². The normalized spacial score (nSPS) is 10.7. The zero-order valence-electron chi connectivity index (χ0n) is 15.3. The van der Waals surface area contributed by atoms with Gasteiger partial charge in [0.1, 0.15) is 23.9 Å². The van der Waals surface area contributed by atoms with Crippen LogP contribution >= 0.6 is 0 Å². The molecular formula is C22H20N4O2. The Labute approximate surface area is 162 Å². The van der Waals surface area contributed by atoms with E-state index in [0.717, 1.165) is 22.6 Å². The van der Waals surface area contributed by atoms with Gasteiger partial charge in [0, 0.05) is 6.20 Å². The molecule has 2 heterocycles. The molecular weight excluding hydrogens is 352 g/mol. The fraction of sp³-hybridized carbons (Fsp3) is 0.136. The molecule has 0 bridgehead atoms. The maximum absolute atomic E-state index is 12.3. The molecule has 0 saturated carbocycles. The SMILES string of the molecule is O=C(NCc1nc2ccccc2n1CCOc1ccccc1)c1ccccn1. The van der Waals surface area contributed by atoms with Crippen molar-refractivity contribution in [1.29, 1.82) is 0 Å². The third-order valence-corrected chi connectivity index (χ3v) is 4.37. The van der Waals surface area contributed by atoms with Crippen molar-refractivity contribution in [1.82, 2.24) is 19.9 Å². The fourth-order valence-corrected chi connectivity index (χ4v) is 3.03. The van der Waals surface area contributed by atoms with E-state index in [1.54, 1.807) is 24.4 Å². The summed E-state index contributed by atoms with van der Waals surface area (Å²) < 4.78 is 7.91. The highest BCUT2D eigenvalue weighted by Crippen LogP contribution is 2.17.